The lowest BCUT2D eigenvalue weighted by molar-refractivity contribution is 0.0352. The van der Waals surface area contributed by atoms with Crippen LogP contribution in [-0.4, -0.2) is 23.2 Å². The number of benzene rings is 1. The van der Waals surface area contributed by atoms with Crippen molar-refractivity contribution < 1.29 is 9.13 Å². The molecule has 1 N–H and O–H groups in total. The molecule has 2 aromatic rings. The van der Waals surface area contributed by atoms with E-state index in [4.69, 9.17) is 16.3 Å². The average Bonchev–Trinajstić information content (AvgIpc) is 2.94. The molecule has 0 spiro atoms. The van der Waals surface area contributed by atoms with E-state index >= 15 is 0 Å². The van der Waals surface area contributed by atoms with E-state index in [9.17, 15) is 4.39 Å². The van der Waals surface area contributed by atoms with Crippen molar-refractivity contribution in [3.63, 3.8) is 0 Å². The number of nitrogens with zero attached hydrogens (tertiary/aromatic N) is 1. The Morgan fingerprint density at radius 2 is 2.08 bits per heavy atom. The van der Waals surface area contributed by atoms with Gasteiger partial charge in [0.2, 0.25) is 0 Å². The Labute approximate surface area is 152 Å². The number of aromatic nitrogens is 1. The largest absolute Gasteiger partial charge is 0.377 e. The van der Waals surface area contributed by atoms with Crippen molar-refractivity contribution >= 4 is 17.3 Å². The number of pyridine rings is 1. The lowest BCUT2D eigenvalue weighted by Crippen LogP contribution is -2.56. The molecule has 2 aliphatic rings. The molecule has 0 saturated carbocycles. The molecule has 5 heteroatoms. The summed E-state index contributed by atoms with van der Waals surface area (Å²) in [6.07, 6.45) is 2.61. The Morgan fingerprint density at radius 1 is 1.32 bits per heavy atom. The van der Waals surface area contributed by atoms with Crippen LogP contribution in [0.25, 0.3) is 11.3 Å². The highest BCUT2D eigenvalue weighted by Gasteiger charge is 2.53. The van der Waals surface area contributed by atoms with E-state index in [-0.39, 0.29) is 22.9 Å². The third-order valence-corrected chi connectivity index (χ3v) is 6.13. The molecular weight excluding hydrogens is 339 g/mol. The van der Waals surface area contributed by atoms with Crippen LogP contribution in [0.4, 0.5) is 10.1 Å². The minimum Gasteiger partial charge on any atom is -0.377 e. The summed E-state index contributed by atoms with van der Waals surface area (Å²) in [7, 11) is 0. The minimum atomic E-state index is -0.317. The second kappa shape index (κ2) is 5.42. The second-order valence-corrected chi connectivity index (χ2v) is 8.31. The molecule has 1 aromatic carbocycles. The fraction of sp³-hybridized carbons (Fsp3) is 0.450. The zero-order chi connectivity index (χ0) is 18.0. The number of aryl methyl sites for hydroxylation is 1. The van der Waals surface area contributed by atoms with Crippen LogP contribution >= 0.6 is 11.6 Å². The highest BCUT2D eigenvalue weighted by molar-refractivity contribution is 6.33. The number of rotatable bonds is 1. The minimum absolute atomic E-state index is 0.0340. The quantitative estimate of drug-likeness (QED) is 0.768. The summed E-state index contributed by atoms with van der Waals surface area (Å²) >= 11 is 6.40. The van der Waals surface area contributed by atoms with E-state index in [2.05, 4.69) is 31.1 Å². The van der Waals surface area contributed by atoms with Crippen molar-refractivity contribution in [2.45, 2.75) is 51.2 Å². The molecule has 0 aliphatic carbocycles. The summed E-state index contributed by atoms with van der Waals surface area (Å²) in [6, 6.07) is 5.31. The van der Waals surface area contributed by atoms with Crippen molar-refractivity contribution in [1.29, 1.82) is 0 Å². The Balaban J connectivity index is 1.94. The van der Waals surface area contributed by atoms with Gasteiger partial charge in [-0.2, -0.15) is 0 Å². The first-order valence-corrected chi connectivity index (χ1v) is 8.97. The van der Waals surface area contributed by atoms with Gasteiger partial charge in [-0.05, 0) is 56.5 Å². The Bertz CT molecular complexity index is 867. The molecule has 3 heterocycles. The van der Waals surface area contributed by atoms with Crippen molar-refractivity contribution in [3.8, 4) is 11.3 Å². The summed E-state index contributed by atoms with van der Waals surface area (Å²) in [5.74, 6) is -0.317. The van der Waals surface area contributed by atoms with Crippen LogP contribution in [0.15, 0.2) is 24.4 Å². The van der Waals surface area contributed by atoms with Crippen LogP contribution in [0.5, 0.6) is 0 Å². The van der Waals surface area contributed by atoms with Gasteiger partial charge in [-0.15, -0.1) is 0 Å². The van der Waals surface area contributed by atoms with Crippen molar-refractivity contribution in [1.82, 2.24) is 4.98 Å². The molecule has 25 heavy (non-hydrogen) atoms. The third-order valence-electron chi connectivity index (χ3n) is 5.66. The van der Waals surface area contributed by atoms with Crippen LogP contribution in [0, 0.1) is 12.7 Å². The second-order valence-electron chi connectivity index (χ2n) is 7.93. The molecule has 1 saturated heterocycles. The number of ether oxygens (including phenoxy) is 1. The fourth-order valence-corrected chi connectivity index (χ4v) is 4.67. The van der Waals surface area contributed by atoms with Gasteiger partial charge in [0.15, 0.2) is 0 Å². The van der Waals surface area contributed by atoms with Gasteiger partial charge in [-0.1, -0.05) is 18.5 Å². The Hall–Kier alpha value is -1.65. The molecule has 132 valence electrons. The molecule has 2 aliphatic heterocycles. The summed E-state index contributed by atoms with van der Waals surface area (Å²) < 4.78 is 21.0. The zero-order valence-corrected chi connectivity index (χ0v) is 15.7. The molecule has 0 bridgehead atoms. The normalized spacial score (nSPS) is 26.7. The monoisotopic (exact) mass is 360 g/mol. The maximum Gasteiger partial charge on any atom is 0.134 e. The molecule has 4 rings (SSSR count). The van der Waals surface area contributed by atoms with Crippen LogP contribution < -0.4 is 5.32 Å². The van der Waals surface area contributed by atoms with Crippen molar-refractivity contribution in [2.24, 2.45) is 0 Å². The fourth-order valence-electron chi connectivity index (χ4n) is 4.46. The van der Waals surface area contributed by atoms with Gasteiger partial charge in [0.1, 0.15) is 5.82 Å². The maximum absolute atomic E-state index is 14.9. The zero-order valence-electron chi connectivity index (χ0n) is 14.9. The van der Waals surface area contributed by atoms with E-state index in [1.165, 1.54) is 0 Å². The lowest BCUT2D eigenvalue weighted by atomic mass is 9.67. The molecule has 1 fully saturated rings. The topological polar surface area (TPSA) is 34.2 Å². The highest BCUT2D eigenvalue weighted by atomic mass is 35.5. The Morgan fingerprint density at radius 3 is 2.84 bits per heavy atom. The predicted octanol–water partition coefficient (Wildman–Crippen LogP) is 5.10. The molecule has 3 nitrogen and oxygen atoms in total. The first-order valence-electron chi connectivity index (χ1n) is 8.59. The highest BCUT2D eigenvalue weighted by Crippen LogP contribution is 2.51. The smallest absolute Gasteiger partial charge is 0.134 e. The number of anilines is 1. The standard InChI is InChI=1S/C20H22ClFN2O/c1-11-5-7-23-17(16(11)21)12-9-13-15(10-14(12)22)24-19(2,3)18-20(13,4)6-8-25-18/h5,7,9-10,18,24H,6,8H2,1-4H3. The molecule has 0 radical (unpaired) electrons. The predicted molar refractivity (Wildman–Crippen MR) is 98.8 cm³/mol. The molecule has 1 aromatic heterocycles. The van der Waals surface area contributed by atoms with E-state index < -0.39 is 0 Å². The van der Waals surface area contributed by atoms with Crippen LogP contribution in [0.2, 0.25) is 5.02 Å². The SMILES string of the molecule is Cc1ccnc(-c2cc3c(cc2F)NC(C)(C)C2OCCC32C)c1Cl. The first kappa shape index (κ1) is 16.8. The van der Waals surface area contributed by atoms with Gasteiger partial charge < -0.3 is 10.1 Å². The number of halogens is 2. The number of fused-ring (bicyclic) bond motifs is 3. The molecule has 2 atom stereocenters. The maximum atomic E-state index is 14.9. The van der Waals surface area contributed by atoms with E-state index in [1.807, 2.05) is 19.1 Å². The van der Waals surface area contributed by atoms with Gasteiger partial charge in [0.25, 0.3) is 0 Å². The summed E-state index contributed by atoms with van der Waals surface area (Å²) in [5.41, 5.74) is 3.31. The first-order chi connectivity index (χ1) is 11.7. The molecular formula is C20H22ClFN2O. The lowest BCUT2D eigenvalue weighted by Gasteiger charge is -2.48. The summed E-state index contributed by atoms with van der Waals surface area (Å²) in [4.78, 5) is 4.33. The van der Waals surface area contributed by atoms with Gasteiger partial charge in [0.05, 0.1) is 22.4 Å². The third kappa shape index (κ3) is 2.38. The number of hydrogen-bond donors (Lipinski definition) is 1. The van der Waals surface area contributed by atoms with Crippen molar-refractivity contribution in [3.05, 3.63) is 46.4 Å². The van der Waals surface area contributed by atoms with Crippen LogP contribution in [0.1, 0.15) is 38.3 Å². The van der Waals surface area contributed by atoms with E-state index in [0.717, 1.165) is 23.2 Å². The van der Waals surface area contributed by atoms with E-state index in [0.29, 0.717) is 22.9 Å². The van der Waals surface area contributed by atoms with Crippen molar-refractivity contribution in [2.75, 3.05) is 11.9 Å². The van der Waals surface area contributed by atoms with Gasteiger partial charge in [-0.3, -0.25) is 4.98 Å². The number of hydrogen-bond acceptors (Lipinski definition) is 3. The summed E-state index contributed by atoms with van der Waals surface area (Å²) in [5, 5.41) is 3.96. The average molecular weight is 361 g/mol. The molecule has 2 unspecified atom stereocenters. The summed E-state index contributed by atoms with van der Waals surface area (Å²) in [6.45, 7) is 9.03. The van der Waals surface area contributed by atoms with E-state index in [1.54, 1.807) is 12.3 Å². The van der Waals surface area contributed by atoms with Crippen LogP contribution in [0.3, 0.4) is 0 Å². The van der Waals surface area contributed by atoms with Crippen LogP contribution in [-0.2, 0) is 10.2 Å². The van der Waals surface area contributed by atoms with Gasteiger partial charge in [0, 0.05) is 29.5 Å². The Kier molecular flexibility index (Phi) is 3.64. The van der Waals surface area contributed by atoms with Gasteiger partial charge in [-0.25, -0.2) is 4.39 Å². The molecule has 0 amide bonds. The van der Waals surface area contributed by atoms with Gasteiger partial charge >= 0.3 is 0 Å². The number of nitrogens with one attached hydrogen (secondary N) is 1.